The minimum Gasteiger partial charge on any atom is -0.444 e. The van der Waals surface area contributed by atoms with Gasteiger partial charge < -0.3 is 9.64 Å². The van der Waals surface area contributed by atoms with E-state index in [-0.39, 0.29) is 6.09 Å². The van der Waals surface area contributed by atoms with Crippen LogP contribution in [0.2, 0.25) is 0 Å². The van der Waals surface area contributed by atoms with Crippen molar-refractivity contribution in [1.29, 1.82) is 0 Å². The lowest BCUT2D eigenvalue weighted by Crippen LogP contribution is -2.39. The average molecular weight is 315 g/mol. The zero-order valence-electron chi connectivity index (χ0n) is 13.7. The van der Waals surface area contributed by atoms with Gasteiger partial charge in [0.2, 0.25) is 0 Å². The van der Waals surface area contributed by atoms with Crippen LogP contribution in [0, 0.1) is 0 Å². The Bertz CT molecular complexity index is 629. The molecule has 0 saturated heterocycles. The van der Waals surface area contributed by atoms with E-state index in [1.165, 1.54) is 0 Å². The molecule has 1 aromatic carbocycles. The van der Waals surface area contributed by atoms with Gasteiger partial charge in [-0.1, -0.05) is 6.08 Å². The van der Waals surface area contributed by atoms with Crippen LogP contribution in [-0.2, 0) is 4.74 Å². The van der Waals surface area contributed by atoms with E-state index in [0.29, 0.717) is 30.6 Å². The van der Waals surface area contributed by atoms with Gasteiger partial charge in [0.15, 0.2) is 0 Å². The van der Waals surface area contributed by atoms with Gasteiger partial charge in [0.1, 0.15) is 18.2 Å². The molecule has 1 amide bonds. The molecular formula is C18H21NO4. The summed E-state index contributed by atoms with van der Waals surface area (Å²) in [6.45, 7) is 6.50. The van der Waals surface area contributed by atoms with E-state index in [1.807, 2.05) is 26.8 Å². The van der Waals surface area contributed by atoms with Crippen molar-refractivity contribution in [3.05, 3.63) is 41.0 Å². The molecule has 1 heterocycles. The fraction of sp³-hybridized carbons (Fsp3) is 0.389. The van der Waals surface area contributed by atoms with Gasteiger partial charge in [-0.25, -0.2) is 4.79 Å². The average Bonchev–Trinajstić information content (AvgIpc) is 2.52. The third-order valence-electron chi connectivity index (χ3n) is 3.48. The maximum Gasteiger partial charge on any atom is 0.410 e. The highest BCUT2D eigenvalue weighted by Crippen LogP contribution is 2.25. The van der Waals surface area contributed by atoms with Crippen molar-refractivity contribution in [2.45, 2.75) is 32.8 Å². The zero-order chi connectivity index (χ0) is 17.0. The summed E-state index contributed by atoms with van der Waals surface area (Å²) >= 11 is 0. The van der Waals surface area contributed by atoms with Crippen LogP contribution >= 0.6 is 0 Å². The van der Waals surface area contributed by atoms with E-state index in [9.17, 15) is 14.4 Å². The Labute approximate surface area is 135 Å². The van der Waals surface area contributed by atoms with Crippen molar-refractivity contribution in [1.82, 2.24) is 4.90 Å². The summed E-state index contributed by atoms with van der Waals surface area (Å²) in [5.74, 6) is 0. The number of carbonyl (C=O) groups is 3. The second kappa shape index (κ2) is 6.77. The van der Waals surface area contributed by atoms with Crippen LogP contribution in [-0.4, -0.2) is 42.3 Å². The fourth-order valence-electron chi connectivity index (χ4n) is 2.42. The van der Waals surface area contributed by atoms with Gasteiger partial charge in [-0.05, 0) is 56.5 Å². The number of rotatable bonds is 3. The van der Waals surface area contributed by atoms with Gasteiger partial charge in [0.25, 0.3) is 0 Å². The molecule has 0 N–H and O–H groups in total. The number of benzene rings is 1. The Morgan fingerprint density at radius 1 is 1.13 bits per heavy atom. The molecule has 1 aliphatic rings. The normalized spacial score (nSPS) is 14.9. The van der Waals surface area contributed by atoms with Crippen molar-refractivity contribution >= 4 is 24.2 Å². The summed E-state index contributed by atoms with van der Waals surface area (Å²) in [5, 5.41) is 0. The Morgan fingerprint density at radius 3 is 2.17 bits per heavy atom. The van der Waals surface area contributed by atoms with Crippen molar-refractivity contribution in [2.75, 3.05) is 13.1 Å². The van der Waals surface area contributed by atoms with Gasteiger partial charge in [0.05, 0.1) is 0 Å². The summed E-state index contributed by atoms with van der Waals surface area (Å²) in [6, 6.07) is 5.07. The topological polar surface area (TPSA) is 63.7 Å². The lowest BCUT2D eigenvalue weighted by Gasteiger charge is -2.29. The molecule has 5 nitrogen and oxygen atoms in total. The molecule has 0 fully saturated rings. The molecule has 0 unspecified atom stereocenters. The second-order valence-electron chi connectivity index (χ2n) is 6.53. The van der Waals surface area contributed by atoms with Gasteiger partial charge >= 0.3 is 6.09 Å². The number of carbonyl (C=O) groups excluding carboxylic acids is 3. The highest BCUT2D eigenvalue weighted by atomic mass is 16.6. The van der Waals surface area contributed by atoms with Gasteiger partial charge in [-0.2, -0.15) is 0 Å². The molecule has 5 heteroatoms. The standard InChI is InChI=1S/C18H21NO4/c1-18(2,3)23-17(22)19-6-4-15(5-7-19)16-9-13(11-20)8-14(10-16)12-21/h4,8-12H,5-7H2,1-3H3. The molecule has 1 aromatic rings. The largest absolute Gasteiger partial charge is 0.444 e. The van der Waals surface area contributed by atoms with E-state index in [1.54, 1.807) is 23.1 Å². The third kappa shape index (κ3) is 4.52. The summed E-state index contributed by atoms with van der Waals surface area (Å²) in [5.41, 5.74) is 2.30. The predicted molar refractivity (Wildman–Crippen MR) is 87.6 cm³/mol. The lowest BCUT2D eigenvalue weighted by atomic mass is 9.96. The minimum absolute atomic E-state index is 0.331. The summed E-state index contributed by atoms with van der Waals surface area (Å²) in [7, 11) is 0. The van der Waals surface area contributed by atoms with E-state index >= 15 is 0 Å². The molecule has 0 aromatic heterocycles. The van der Waals surface area contributed by atoms with Crippen LogP contribution in [0.1, 0.15) is 53.5 Å². The molecule has 0 bridgehead atoms. The first kappa shape index (κ1) is 16.9. The Hall–Kier alpha value is -2.43. The maximum atomic E-state index is 12.0. The number of ether oxygens (including phenoxy) is 1. The predicted octanol–water partition coefficient (Wildman–Crippen LogP) is 3.34. The SMILES string of the molecule is CC(C)(C)OC(=O)N1CC=C(c2cc(C=O)cc(C=O)c2)CC1. The van der Waals surface area contributed by atoms with Crippen LogP contribution in [0.25, 0.3) is 5.57 Å². The molecule has 1 aliphatic heterocycles. The number of nitrogens with zero attached hydrogens (tertiary/aromatic N) is 1. The van der Waals surface area contributed by atoms with Crippen LogP contribution < -0.4 is 0 Å². The van der Waals surface area contributed by atoms with Gasteiger partial charge in [-0.15, -0.1) is 0 Å². The molecule has 0 saturated carbocycles. The Morgan fingerprint density at radius 2 is 1.74 bits per heavy atom. The number of hydrogen-bond acceptors (Lipinski definition) is 4. The molecule has 0 atom stereocenters. The zero-order valence-corrected chi connectivity index (χ0v) is 13.7. The quantitative estimate of drug-likeness (QED) is 0.803. The minimum atomic E-state index is -0.516. The van der Waals surface area contributed by atoms with Crippen molar-refractivity contribution < 1.29 is 19.1 Å². The highest BCUT2D eigenvalue weighted by Gasteiger charge is 2.24. The molecule has 122 valence electrons. The molecular weight excluding hydrogens is 294 g/mol. The number of amides is 1. The van der Waals surface area contributed by atoms with Crippen molar-refractivity contribution in [3.8, 4) is 0 Å². The van der Waals surface area contributed by atoms with Crippen LogP contribution in [0.3, 0.4) is 0 Å². The van der Waals surface area contributed by atoms with Gasteiger partial charge in [0, 0.05) is 24.2 Å². The maximum absolute atomic E-state index is 12.0. The van der Waals surface area contributed by atoms with Crippen molar-refractivity contribution in [2.24, 2.45) is 0 Å². The summed E-state index contributed by atoms with van der Waals surface area (Å²) < 4.78 is 5.36. The van der Waals surface area contributed by atoms with Crippen molar-refractivity contribution in [3.63, 3.8) is 0 Å². The smallest absolute Gasteiger partial charge is 0.410 e. The molecule has 2 rings (SSSR count). The van der Waals surface area contributed by atoms with E-state index in [0.717, 1.165) is 23.7 Å². The van der Waals surface area contributed by atoms with E-state index < -0.39 is 5.60 Å². The van der Waals surface area contributed by atoms with Crippen LogP contribution in [0.4, 0.5) is 4.79 Å². The second-order valence-corrected chi connectivity index (χ2v) is 6.53. The molecule has 23 heavy (non-hydrogen) atoms. The van der Waals surface area contributed by atoms with E-state index in [4.69, 9.17) is 4.74 Å². The van der Waals surface area contributed by atoms with Gasteiger partial charge in [-0.3, -0.25) is 9.59 Å². The monoisotopic (exact) mass is 315 g/mol. The first-order chi connectivity index (χ1) is 10.8. The first-order valence-corrected chi connectivity index (χ1v) is 7.55. The summed E-state index contributed by atoms with van der Waals surface area (Å²) in [4.78, 5) is 35.6. The number of hydrogen-bond donors (Lipinski definition) is 0. The molecule has 0 radical (unpaired) electrons. The Kier molecular flexibility index (Phi) is 4.98. The third-order valence-corrected chi connectivity index (χ3v) is 3.48. The highest BCUT2D eigenvalue weighted by molar-refractivity contribution is 5.85. The molecule has 0 spiro atoms. The number of aldehydes is 2. The lowest BCUT2D eigenvalue weighted by molar-refractivity contribution is 0.0270. The van der Waals surface area contributed by atoms with Crippen LogP contribution in [0.15, 0.2) is 24.3 Å². The van der Waals surface area contributed by atoms with E-state index in [2.05, 4.69) is 0 Å². The molecule has 0 aliphatic carbocycles. The summed E-state index contributed by atoms with van der Waals surface area (Å²) in [6.07, 6.45) is 3.72. The van der Waals surface area contributed by atoms with Crippen LogP contribution in [0.5, 0.6) is 0 Å². The Balaban J connectivity index is 2.14. The first-order valence-electron chi connectivity index (χ1n) is 7.55. The fourth-order valence-corrected chi connectivity index (χ4v) is 2.42.